The maximum Gasteiger partial charge on any atom is -0.00192 e. The molecular formula is C17H37N. The van der Waals surface area contributed by atoms with E-state index < -0.39 is 0 Å². The molecule has 0 N–H and O–H groups in total. The molecule has 0 bridgehead atoms. The van der Waals surface area contributed by atoms with Crippen LogP contribution in [0.3, 0.4) is 0 Å². The van der Waals surface area contributed by atoms with Gasteiger partial charge >= 0.3 is 0 Å². The van der Waals surface area contributed by atoms with Gasteiger partial charge in [-0.15, -0.1) is 0 Å². The summed E-state index contributed by atoms with van der Waals surface area (Å²) in [6.07, 6.45) is 11.7. The third kappa shape index (κ3) is 8.97. The van der Waals surface area contributed by atoms with Gasteiger partial charge in [0.25, 0.3) is 0 Å². The fourth-order valence-corrected chi connectivity index (χ4v) is 2.73. The molecule has 18 heavy (non-hydrogen) atoms. The van der Waals surface area contributed by atoms with Crippen molar-refractivity contribution in [2.45, 2.75) is 79.1 Å². The van der Waals surface area contributed by atoms with Crippen LogP contribution in [-0.2, 0) is 0 Å². The van der Waals surface area contributed by atoms with E-state index >= 15 is 0 Å². The Kier molecular flexibility index (Phi) is 12.0. The molecule has 0 aromatic rings. The molecule has 0 atom stereocenters. The van der Waals surface area contributed by atoms with Gasteiger partial charge in [0.1, 0.15) is 0 Å². The van der Waals surface area contributed by atoms with E-state index in [1.165, 1.54) is 64.5 Å². The van der Waals surface area contributed by atoms with E-state index in [9.17, 15) is 0 Å². The summed E-state index contributed by atoms with van der Waals surface area (Å²) < 4.78 is 0. The van der Waals surface area contributed by atoms with Gasteiger partial charge in [0.15, 0.2) is 0 Å². The van der Waals surface area contributed by atoms with Crippen LogP contribution in [0.25, 0.3) is 0 Å². The zero-order valence-electron chi connectivity index (χ0n) is 13.7. The summed E-state index contributed by atoms with van der Waals surface area (Å²) in [6, 6.07) is 0. The van der Waals surface area contributed by atoms with E-state index in [0.29, 0.717) is 0 Å². The molecule has 1 aliphatic carbocycles. The highest BCUT2D eigenvalue weighted by Crippen LogP contribution is 2.25. The van der Waals surface area contributed by atoms with Gasteiger partial charge in [-0.3, -0.25) is 0 Å². The summed E-state index contributed by atoms with van der Waals surface area (Å²) in [5, 5.41) is 0. The predicted molar refractivity (Wildman–Crippen MR) is 84.1 cm³/mol. The molecule has 1 saturated carbocycles. The molecule has 0 spiro atoms. The number of hydrogen-bond acceptors (Lipinski definition) is 1. The lowest BCUT2D eigenvalue weighted by Crippen LogP contribution is -2.28. The molecule has 110 valence electrons. The Labute approximate surface area is 116 Å². The van der Waals surface area contributed by atoms with E-state index in [4.69, 9.17) is 0 Å². The molecule has 1 aliphatic heterocycles. The van der Waals surface area contributed by atoms with Gasteiger partial charge in [0, 0.05) is 0 Å². The summed E-state index contributed by atoms with van der Waals surface area (Å²) in [6.45, 7) is 11.3. The quantitative estimate of drug-likeness (QED) is 0.610. The second kappa shape index (κ2) is 12.0. The Morgan fingerprint density at radius 1 is 0.889 bits per heavy atom. The molecule has 0 radical (unpaired) electrons. The summed E-state index contributed by atoms with van der Waals surface area (Å²) in [7, 11) is 2.20. The van der Waals surface area contributed by atoms with Crippen LogP contribution in [0, 0.1) is 11.8 Å². The van der Waals surface area contributed by atoms with Crippen LogP contribution in [0.5, 0.6) is 0 Å². The molecule has 1 saturated heterocycles. The van der Waals surface area contributed by atoms with Crippen molar-refractivity contribution in [3.63, 3.8) is 0 Å². The Hall–Kier alpha value is -0.0400. The SMILES string of the molecule is CC.CC1CCN(C)CC1.CCC1CCCCC1. The maximum absolute atomic E-state index is 2.40. The number of piperidine rings is 1. The second-order valence-electron chi connectivity index (χ2n) is 5.90. The molecule has 0 unspecified atom stereocenters. The van der Waals surface area contributed by atoms with Crippen LogP contribution in [0.15, 0.2) is 0 Å². The molecule has 0 aromatic heterocycles. The van der Waals surface area contributed by atoms with Crippen LogP contribution in [0.2, 0.25) is 0 Å². The smallest absolute Gasteiger partial charge is 0.00192 e. The topological polar surface area (TPSA) is 3.24 Å². The molecule has 2 rings (SSSR count). The predicted octanol–water partition coefficient (Wildman–Crippen LogP) is 5.35. The number of rotatable bonds is 1. The van der Waals surface area contributed by atoms with Crippen molar-refractivity contribution in [2.75, 3.05) is 20.1 Å². The minimum absolute atomic E-state index is 0.978. The highest BCUT2D eigenvalue weighted by atomic mass is 15.1. The average Bonchev–Trinajstić information content (AvgIpc) is 2.46. The van der Waals surface area contributed by atoms with Crippen molar-refractivity contribution in [3.8, 4) is 0 Å². The summed E-state index contributed by atoms with van der Waals surface area (Å²) in [5.74, 6) is 2.06. The first kappa shape index (κ1) is 18.0. The molecule has 2 aliphatic rings. The van der Waals surface area contributed by atoms with Gasteiger partial charge in [-0.25, -0.2) is 0 Å². The van der Waals surface area contributed by atoms with E-state index in [1.807, 2.05) is 13.8 Å². The minimum Gasteiger partial charge on any atom is -0.306 e. The second-order valence-corrected chi connectivity index (χ2v) is 5.90. The van der Waals surface area contributed by atoms with Crippen molar-refractivity contribution in [1.29, 1.82) is 0 Å². The summed E-state index contributed by atoms with van der Waals surface area (Å²) in [5.41, 5.74) is 0. The van der Waals surface area contributed by atoms with Crippen molar-refractivity contribution < 1.29 is 0 Å². The van der Waals surface area contributed by atoms with Crippen molar-refractivity contribution >= 4 is 0 Å². The van der Waals surface area contributed by atoms with Crippen LogP contribution in [0.4, 0.5) is 0 Å². The highest BCUT2D eigenvalue weighted by molar-refractivity contribution is 4.65. The van der Waals surface area contributed by atoms with E-state index in [1.54, 1.807) is 0 Å². The molecule has 1 heterocycles. The number of hydrogen-bond donors (Lipinski definition) is 0. The first-order valence-corrected chi connectivity index (χ1v) is 8.41. The molecule has 2 fully saturated rings. The Bertz CT molecular complexity index is 143. The Morgan fingerprint density at radius 3 is 1.72 bits per heavy atom. The van der Waals surface area contributed by atoms with Crippen molar-refractivity contribution in [1.82, 2.24) is 4.90 Å². The van der Waals surface area contributed by atoms with E-state index in [-0.39, 0.29) is 0 Å². The monoisotopic (exact) mass is 255 g/mol. The average molecular weight is 255 g/mol. The lowest BCUT2D eigenvalue weighted by molar-refractivity contribution is 0.230. The third-order valence-electron chi connectivity index (χ3n) is 4.31. The zero-order chi connectivity index (χ0) is 13.8. The summed E-state index contributed by atoms with van der Waals surface area (Å²) in [4.78, 5) is 2.40. The fraction of sp³-hybridized carbons (Fsp3) is 1.00. The van der Waals surface area contributed by atoms with Crippen LogP contribution >= 0.6 is 0 Å². The van der Waals surface area contributed by atoms with Gasteiger partial charge in [-0.2, -0.15) is 0 Å². The maximum atomic E-state index is 2.40. The van der Waals surface area contributed by atoms with Crippen LogP contribution in [-0.4, -0.2) is 25.0 Å². The van der Waals surface area contributed by atoms with Gasteiger partial charge in [-0.1, -0.05) is 66.2 Å². The molecule has 1 nitrogen and oxygen atoms in total. The molecule has 0 aromatic carbocycles. The van der Waals surface area contributed by atoms with Gasteiger partial charge in [0.05, 0.1) is 0 Å². The number of nitrogens with zero attached hydrogens (tertiary/aromatic N) is 1. The molecular weight excluding hydrogens is 218 g/mol. The van der Waals surface area contributed by atoms with Crippen molar-refractivity contribution in [3.05, 3.63) is 0 Å². The largest absolute Gasteiger partial charge is 0.306 e. The molecule has 0 amide bonds. The first-order valence-electron chi connectivity index (χ1n) is 8.41. The lowest BCUT2D eigenvalue weighted by atomic mass is 9.88. The Balaban J connectivity index is 0.000000283. The van der Waals surface area contributed by atoms with E-state index in [0.717, 1.165) is 11.8 Å². The van der Waals surface area contributed by atoms with Gasteiger partial charge in [-0.05, 0) is 44.8 Å². The Morgan fingerprint density at radius 2 is 1.39 bits per heavy atom. The molecule has 1 heteroatoms. The standard InChI is InChI=1S/C8H16.C7H15N.C2H6/c1-2-8-6-4-3-5-7-8;1-7-3-5-8(2)6-4-7;1-2/h8H,2-7H2,1H3;7H,3-6H2,1-2H3;1-2H3. The summed E-state index contributed by atoms with van der Waals surface area (Å²) >= 11 is 0. The lowest BCUT2D eigenvalue weighted by Gasteiger charge is -2.26. The normalized spacial score (nSPS) is 22.5. The fourth-order valence-electron chi connectivity index (χ4n) is 2.73. The first-order chi connectivity index (χ1) is 8.72. The van der Waals surface area contributed by atoms with Crippen LogP contribution < -0.4 is 0 Å². The minimum atomic E-state index is 0.978. The van der Waals surface area contributed by atoms with Crippen LogP contribution in [0.1, 0.15) is 79.1 Å². The third-order valence-corrected chi connectivity index (χ3v) is 4.31. The van der Waals surface area contributed by atoms with Gasteiger partial charge in [0.2, 0.25) is 0 Å². The van der Waals surface area contributed by atoms with Crippen molar-refractivity contribution in [2.24, 2.45) is 11.8 Å². The highest BCUT2D eigenvalue weighted by Gasteiger charge is 2.11. The van der Waals surface area contributed by atoms with E-state index in [2.05, 4.69) is 25.8 Å². The van der Waals surface area contributed by atoms with Gasteiger partial charge < -0.3 is 4.90 Å². The number of likely N-dealkylation sites (tertiary alicyclic amines) is 1. The zero-order valence-corrected chi connectivity index (χ0v) is 13.7.